The van der Waals surface area contributed by atoms with Gasteiger partial charge in [-0.25, -0.2) is 14.6 Å². The van der Waals surface area contributed by atoms with Crippen LogP contribution in [0.1, 0.15) is 49.0 Å². The molecule has 1 aromatic rings. The Balaban J connectivity index is 1.51. The fraction of sp³-hybridized carbons (Fsp3) is 0.650. The summed E-state index contributed by atoms with van der Waals surface area (Å²) in [4.78, 5) is 28.6. The second kappa shape index (κ2) is 10.6. The molecule has 3 rings (SSSR count). The van der Waals surface area contributed by atoms with E-state index in [0.717, 1.165) is 32.1 Å². The van der Waals surface area contributed by atoms with E-state index in [4.69, 9.17) is 9.84 Å². The summed E-state index contributed by atoms with van der Waals surface area (Å²) >= 11 is 2.65. The number of nitrogens with zero attached hydrogens (tertiary/aromatic N) is 2. The van der Waals surface area contributed by atoms with Gasteiger partial charge in [-0.05, 0) is 31.1 Å². The van der Waals surface area contributed by atoms with E-state index >= 15 is 0 Å². The molecule has 0 aromatic carbocycles. The lowest BCUT2D eigenvalue weighted by atomic mass is 9.62. The molecule has 10 heteroatoms. The third-order valence-corrected chi connectivity index (χ3v) is 7.82. The van der Waals surface area contributed by atoms with Crippen LogP contribution < -0.4 is 0 Å². The molecule has 166 valence electrons. The molecule has 0 unspecified atom stereocenters. The Morgan fingerprint density at radius 2 is 2.30 bits per heavy atom. The maximum atomic E-state index is 12.4. The first-order valence-electron chi connectivity index (χ1n) is 10.1. The third kappa shape index (κ3) is 5.53. The van der Waals surface area contributed by atoms with E-state index in [1.165, 1.54) is 28.5 Å². The van der Waals surface area contributed by atoms with Gasteiger partial charge in [-0.2, -0.15) is 0 Å². The number of rotatable bonds is 12. The van der Waals surface area contributed by atoms with Crippen molar-refractivity contribution in [1.82, 2.24) is 9.88 Å². The molecule has 30 heavy (non-hydrogen) atoms. The van der Waals surface area contributed by atoms with Crippen molar-refractivity contribution in [2.45, 2.75) is 55.0 Å². The molecule has 1 saturated carbocycles. The number of halogens is 1. The number of aliphatic hydroxyl groups is 1. The van der Waals surface area contributed by atoms with Crippen molar-refractivity contribution in [3.63, 3.8) is 0 Å². The Bertz CT molecular complexity index is 768. The standard InChI is InChI=1S/C20H27FN2O5S2/c21-9-2-1-6-20(7-3-8-20)16(24)5-4-14-12-28-19(27)23(14)10-11-29-18-22-15(13-30-18)17(25)26/h4-5,13-14,16,24H,1-3,6-12H2,(H,25,26)/b5-4+/t14-,16+/m0/s1. The molecule has 2 atom stereocenters. The van der Waals surface area contributed by atoms with E-state index in [-0.39, 0.29) is 30.4 Å². The number of thiazole rings is 1. The van der Waals surface area contributed by atoms with Gasteiger partial charge in [-0.1, -0.05) is 36.8 Å². The number of ether oxygens (including phenoxy) is 1. The molecule has 1 aliphatic carbocycles. The fourth-order valence-electron chi connectivity index (χ4n) is 3.87. The zero-order valence-corrected chi connectivity index (χ0v) is 18.3. The van der Waals surface area contributed by atoms with Crippen LogP contribution >= 0.6 is 23.1 Å². The summed E-state index contributed by atoms with van der Waals surface area (Å²) in [6.07, 6.45) is 7.67. The average Bonchev–Trinajstić information content (AvgIpc) is 3.30. The van der Waals surface area contributed by atoms with Crippen LogP contribution in [0, 0.1) is 5.41 Å². The molecule has 2 N–H and O–H groups in total. The summed E-state index contributed by atoms with van der Waals surface area (Å²) in [7, 11) is 0. The van der Waals surface area contributed by atoms with Crippen molar-refractivity contribution >= 4 is 35.2 Å². The van der Waals surface area contributed by atoms with Crippen molar-refractivity contribution < 1.29 is 28.9 Å². The third-order valence-electron chi connectivity index (χ3n) is 5.82. The normalized spacial score (nSPS) is 21.6. The van der Waals surface area contributed by atoms with Crippen LogP contribution in [0.25, 0.3) is 0 Å². The largest absolute Gasteiger partial charge is 0.476 e. The monoisotopic (exact) mass is 458 g/mol. The number of amides is 1. The van der Waals surface area contributed by atoms with Gasteiger partial charge in [0.05, 0.1) is 18.8 Å². The highest BCUT2D eigenvalue weighted by atomic mass is 32.2. The van der Waals surface area contributed by atoms with Gasteiger partial charge in [0.2, 0.25) is 0 Å². The zero-order chi connectivity index (χ0) is 21.6. The predicted molar refractivity (Wildman–Crippen MR) is 113 cm³/mol. The molecule has 1 saturated heterocycles. The van der Waals surface area contributed by atoms with E-state index < -0.39 is 18.2 Å². The topological polar surface area (TPSA) is 100.0 Å². The lowest BCUT2D eigenvalue weighted by Gasteiger charge is -2.45. The number of aliphatic hydroxyl groups excluding tert-OH is 1. The van der Waals surface area contributed by atoms with Gasteiger partial charge in [-0.3, -0.25) is 9.29 Å². The Kier molecular flexibility index (Phi) is 8.13. The highest BCUT2D eigenvalue weighted by molar-refractivity contribution is 8.01. The van der Waals surface area contributed by atoms with Gasteiger partial charge >= 0.3 is 12.1 Å². The van der Waals surface area contributed by atoms with Crippen LogP contribution in [-0.4, -0.2) is 69.9 Å². The number of hydrogen-bond donors (Lipinski definition) is 2. The van der Waals surface area contributed by atoms with Crippen LogP contribution in [0.5, 0.6) is 0 Å². The number of carboxylic acid groups (broad SMARTS) is 1. The van der Waals surface area contributed by atoms with Crippen molar-refractivity contribution in [3.8, 4) is 0 Å². The molecular weight excluding hydrogens is 431 g/mol. The van der Waals surface area contributed by atoms with Gasteiger partial charge in [0.25, 0.3) is 0 Å². The number of aromatic nitrogens is 1. The van der Waals surface area contributed by atoms with Gasteiger partial charge in [0.1, 0.15) is 6.61 Å². The van der Waals surface area contributed by atoms with Gasteiger partial charge in [-0.15, -0.1) is 11.3 Å². The van der Waals surface area contributed by atoms with E-state index in [2.05, 4.69) is 4.98 Å². The van der Waals surface area contributed by atoms with Crippen LogP contribution in [-0.2, 0) is 4.74 Å². The Morgan fingerprint density at radius 3 is 2.93 bits per heavy atom. The van der Waals surface area contributed by atoms with E-state index in [1.54, 1.807) is 11.0 Å². The molecule has 2 aliphatic rings. The highest BCUT2D eigenvalue weighted by Crippen LogP contribution is 2.48. The number of unbranched alkanes of at least 4 members (excludes halogenated alkanes) is 1. The number of hydrogen-bond acceptors (Lipinski definition) is 7. The van der Waals surface area contributed by atoms with E-state index in [9.17, 15) is 19.1 Å². The fourth-order valence-corrected chi connectivity index (χ4v) is 5.68. The van der Waals surface area contributed by atoms with Crippen LogP contribution in [0.4, 0.5) is 9.18 Å². The van der Waals surface area contributed by atoms with Crippen molar-refractivity contribution in [2.75, 3.05) is 25.6 Å². The van der Waals surface area contributed by atoms with Crippen LogP contribution in [0.2, 0.25) is 0 Å². The maximum absolute atomic E-state index is 12.4. The van der Waals surface area contributed by atoms with Gasteiger partial charge in [0, 0.05) is 17.7 Å². The number of carbonyl (C=O) groups excluding carboxylic acids is 1. The van der Waals surface area contributed by atoms with E-state index in [0.29, 0.717) is 23.1 Å². The maximum Gasteiger partial charge on any atom is 0.410 e. The minimum Gasteiger partial charge on any atom is -0.476 e. The molecule has 0 spiro atoms. The van der Waals surface area contributed by atoms with Crippen LogP contribution in [0.3, 0.4) is 0 Å². The number of alkyl halides is 1. The molecule has 0 radical (unpaired) electrons. The Labute approximate surface area is 183 Å². The Hall–Kier alpha value is -1.65. The first-order chi connectivity index (χ1) is 14.4. The number of aromatic carboxylic acids is 1. The first kappa shape index (κ1) is 23.0. The van der Waals surface area contributed by atoms with Gasteiger partial charge in [0.15, 0.2) is 10.0 Å². The molecule has 1 aromatic heterocycles. The van der Waals surface area contributed by atoms with Crippen LogP contribution in [0.15, 0.2) is 21.9 Å². The quantitative estimate of drug-likeness (QED) is 0.278. The van der Waals surface area contributed by atoms with Crippen molar-refractivity contribution in [2.24, 2.45) is 5.41 Å². The number of carboxylic acids is 1. The molecule has 0 bridgehead atoms. The molecule has 7 nitrogen and oxygen atoms in total. The van der Waals surface area contributed by atoms with Gasteiger partial charge < -0.3 is 14.9 Å². The molecule has 1 aliphatic heterocycles. The molecule has 1 amide bonds. The summed E-state index contributed by atoms with van der Waals surface area (Å²) in [6, 6.07) is -0.249. The summed E-state index contributed by atoms with van der Waals surface area (Å²) in [5, 5.41) is 21.1. The lowest BCUT2D eigenvalue weighted by Crippen LogP contribution is -2.41. The summed E-state index contributed by atoms with van der Waals surface area (Å²) in [5.74, 6) is -0.499. The zero-order valence-electron chi connectivity index (χ0n) is 16.7. The minimum absolute atomic E-state index is 0.0225. The molecular formula is C20H27FN2O5S2. The minimum atomic E-state index is -1.06. The molecule has 2 heterocycles. The summed E-state index contributed by atoms with van der Waals surface area (Å²) in [6.45, 7) is 0.343. The summed E-state index contributed by atoms with van der Waals surface area (Å²) in [5.41, 5.74) is -0.142. The highest BCUT2D eigenvalue weighted by Gasteiger charge is 2.42. The second-order valence-electron chi connectivity index (χ2n) is 7.68. The van der Waals surface area contributed by atoms with Crippen molar-refractivity contribution in [1.29, 1.82) is 0 Å². The smallest absolute Gasteiger partial charge is 0.410 e. The number of cyclic esters (lactones) is 1. The van der Waals surface area contributed by atoms with E-state index in [1.807, 2.05) is 6.08 Å². The van der Waals surface area contributed by atoms with Crippen molar-refractivity contribution in [3.05, 3.63) is 23.2 Å². The predicted octanol–water partition coefficient (Wildman–Crippen LogP) is 3.98. The SMILES string of the molecule is O=C(O)c1csc(SCCN2C(=O)OC[C@@H]2/C=C/[C@@H](O)C2(CCCCF)CCC2)n1. The average molecular weight is 459 g/mol. The summed E-state index contributed by atoms with van der Waals surface area (Å²) < 4.78 is 18.2. The Morgan fingerprint density at radius 1 is 1.50 bits per heavy atom. The second-order valence-corrected chi connectivity index (χ2v) is 9.88. The first-order valence-corrected chi connectivity index (χ1v) is 12.0. The number of carbonyl (C=O) groups is 2. The lowest BCUT2D eigenvalue weighted by molar-refractivity contribution is -0.0147. The number of thioether (sulfide) groups is 1. The molecule has 2 fully saturated rings.